The molecular weight excluding hydrogens is 312 g/mol. The normalized spacial score (nSPS) is 11.4. The van der Waals surface area contributed by atoms with Crippen molar-refractivity contribution in [3.8, 4) is 0 Å². The van der Waals surface area contributed by atoms with Crippen molar-refractivity contribution >= 4 is 23.5 Å². The smallest absolute Gasteiger partial charge is 0.264 e. The summed E-state index contributed by atoms with van der Waals surface area (Å²) >= 11 is 0.484. The Labute approximate surface area is 122 Å². The molecule has 0 heterocycles. The lowest BCUT2D eigenvalue weighted by Crippen LogP contribution is -2.49. The number of nitrogens with two attached hydrogens (primary N) is 2. The van der Waals surface area contributed by atoms with Gasteiger partial charge in [-0.1, -0.05) is 0 Å². The highest BCUT2D eigenvalue weighted by Gasteiger charge is 2.28. The van der Waals surface area contributed by atoms with Crippen LogP contribution in [-0.4, -0.2) is 30.0 Å². The summed E-state index contributed by atoms with van der Waals surface area (Å²) in [5, 5.41) is 1.06. The predicted octanol–water partition coefficient (Wildman–Crippen LogP) is 2.39. The van der Waals surface area contributed by atoms with Crippen LogP contribution in [0.15, 0.2) is 17.0 Å². The second-order valence-corrected chi connectivity index (χ2v) is 5.25. The van der Waals surface area contributed by atoms with Crippen LogP contribution in [0.3, 0.4) is 0 Å². The number of carbonyl (C=O) groups excluding carboxylic acids is 1. The van der Waals surface area contributed by atoms with E-state index in [2.05, 4.69) is 0 Å². The number of halogens is 4. The molecule has 0 fully saturated rings. The molecule has 1 rings (SSSR count). The number of hydrogen-bond donors (Lipinski definition) is 2. The van der Waals surface area contributed by atoms with Crippen LogP contribution in [0.25, 0.3) is 0 Å². The summed E-state index contributed by atoms with van der Waals surface area (Å²) < 4.78 is 50.5. The molecule has 0 aromatic heterocycles. The number of thioether (sulfide) groups is 1. The molecular formula is C11H14F4N4OS. The molecule has 0 radical (unpaired) electrons. The maximum absolute atomic E-state index is 13.8. The van der Waals surface area contributed by atoms with E-state index in [1.165, 1.54) is 14.0 Å². The van der Waals surface area contributed by atoms with E-state index in [-0.39, 0.29) is 10.6 Å². The number of carbonyl (C=O) groups is 1. The number of amides is 2. The van der Waals surface area contributed by atoms with Gasteiger partial charge < -0.3 is 0 Å². The molecule has 0 atom stereocenters. The van der Waals surface area contributed by atoms with Crippen molar-refractivity contribution < 1.29 is 22.4 Å². The zero-order valence-corrected chi connectivity index (χ0v) is 12.1. The fraction of sp³-hybridized carbons (Fsp3) is 0.364. The Kier molecular flexibility index (Phi) is 5.42. The van der Waals surface area contributed by atoms with Gasteiger partial charge >= 0.3 is 12.2 Å². The lowest BCUT2D eigenvalue weighted by atomic mass is 10.2. The molecule has 4 N–H and O–H groups in total. The number of hydrazine groups is 2. The van der Waals surface area contributed by atoms with Crippen LogP contribution < -0.4 is 16.7 Å². The maximum atomic E-state index is 13.8. The molecule has 0 spiro atoms. The molecule has 21 heavy (non-hydrogen) atoms. The monoisotopic (exact) mass is 326 g/mol. The van der Waals surface area contributed by atoms with Crippen LogP contribution >= 0.6 is 11.8 Å². The van der Waals surface area contributed by atoms with Gasteiger partial charge in [0.25, 0.3) is 0 Å². The minimum absolute atomic E-state index is 0.173. The van der Waals surface area contributed by atoms with Crippen molar-refractivity contribution in [3.05, 3.63) is 23.5 Å². The third kappa shape index (κ3) is 4.76. The van der Waals surface area contributed by atoms with E-state index in [0.717, 1.165) is 12.1 Å². The summed E-state index contributed by atoms with van der Waals surface area (Å²) in [5.41, 5.74) is -0.0416. The van der Waals surface area contributed by atoms with E-state index in [9.17, 15) is 22.4 Å². The number of aryl methyl sites for hydroxylation is 1. The first-order chi connectivity index (χ1) is 9.53. The van der Waals surface area contributed by atoms with Crippen molar-refractivity contribution in [1.29, 1.82) is 0 Å². The Morgan fingerprint density at radius 3 is 2.38 bits per heavy atom. The Balaban J connectivity index is 3.09. The Bertz CT molecular complexity index is 536. The number of hydrogen-bond acceptors (Lipinski definition) is 4. The van der Waals surface area contributed by atoms with Gasteiger partial charge in [0.15, 0.2) is 0 Å². The third-order valence-electron chi connectivity index (χ3n) is 2.40. The van der Waals surface area contributed by atoms with Crippen LogP contribution in [0.1, 0.15) is 5.56 Å². The van der Waals surface area contributed by atoms with Gasteiger partial charge in [0.05, 0.1) is 11.4 Å². The van der Waals surface area contributed by atoms with E-state index < -0.39 is 23.8 Å². The molecule has 0 saturated heterocycles. The lowest BCUT2D eigenvalue weighted by Gasteiger charge is -2.22. The van der Waals surface area contributed by atoms with Gasteiger partial charge in [-0.2, -0.15) is 13.2 Å². The number of nitrogens with zero attached hydrogens (tertiary/aromatic N) is 2. The van der Waals surface area contributed by atoms with Crippen molar-refractivity contribution in [1.82, 2.24) is 5.01 Å². The molecule has 0 saturated carbocycles. The van der Waals surface area contributed by atoms with Gasteiger partial charge in [-0.25, -0.2) is 25.9 Å². The molecule has 0 aliphatic rings. The van der Waals surface area contributed by atoms with E-state index in [1.807, 2.05) is 0 Å². The van der Waals surface area contributed by atoms with E-state index >= 15 is 0 Å². The van der Waals surface area contributed by atoms with Gasteiger partial charge in [-0.3, -0.25) is 5.01 Å². The summed E-state index contributed by atoms with van der Waals surface area (Å²) in [5.74, 6) is 8.66. The summed E-state index contributed by atoms with van der Waals surface area (Å²) in [6.45, 7) is 1.46. The number of benzene rings is 1. The first kappa shape index (κ1) is 17.5. The third-order valence-corrected chi connectivity index (χ3v) is 3.63. The van der Waals surface area contributed by atoms with Gasteiger partial charge in [-0.15, -0.1) is 11.8 Å². The van der Waals surface area contributed by atoms with Crippen molar-refractivity contribution in [2.24, 2.45) is 11.7 Å². The summed E-state index contributed by atoms with van der Waals surface area (Å²) in [7, 11) is 1.20. The quantitative estimate of drug-likeness (QED) is 0.294. The van der Waals surface area contributed by atoms with Crippen LogP contribution in [0, 0.1) is 12.7 Å². The topological polar surface area (TPSA) is 75.6 Å². The highest BCUT2D eigenvalue weighted by molar-refractivity contribution is 7.99. The highest BCUT2D eigenvalue weighted by Crippen LogP contribution is 2.33. The number of rotatable bonds is 3. The second kappa shape index (κ2) is 6.50. The van der Waals surface area contributed by atoms with Gasteiger partial charge in [-0.05, 0) is 24.6 Å². The van der Waals surface area contributed by atoms with Crippen molar-refractivity contribution in [2.75, 3.05) is 17.8 Å². The molecule has 0 aliphatic carbocycles. The SMILES string of the molecule is Cc1cc(F)c(N(N)C(=O)N(C)N)cc1SCC(F)(F)F. The molecule has 2 amide bonds. The maximum Gasteiger partial charge on any atom is 0.398 e. The first-order valence-corrected chi connectivity index (χ1v) is 6.58. The minimum atomic E-state index is -4.36. The van der Waals surface area contributed by atoms with Crippen LogP contribution in [0.5, 0.6) is 0 Å². The molecule has 0 aliphatic heterocycles. The van der Waals surface area contributed by atoms with Crippen LogP contribution in [-0.2, 0) is 0 Å². The minimum Gasteiger partial charge on any atom is -0.264 e. The molecule has 0 unspecified atom stereocenters. The van der Waals surface area contributed by atoms with Crippen LogP contribution in [0.2, 0.25) is 0 Å². The average molecular weight is 326 g/mol. The highest BCUT2D eigenvalue weighted by atomic mass is 32.2. The Morgan fingerprint density at radius 2 is 1.90 bits per heavy atom. The zero-order chi connectivity index (χ0) is 16.4. The number of anilines is 1. The number of alkyl halides is 3. The standard InChI is InChI=1S/C11H14F4N4OS/c1-6-3-7(12)8(19(17)10(20)18(2)16)4-9(6)21-5-11(13,14)15/h3-4H,5,16-17H2,1-2H3. The average Bonchev–Trinajstić information content (AvgIpc) is 2.34. The first-order valence-electron chi connectivity index (χ1n) is 5.60. The van der Waals surface area contributed by atoms with Crippen LogP contribution in [0.4, 0.5) is 28.0 Å². The summed E-state index contributed by atoms with van der Waals surface area (Å²) in [4.78, 5) is 11.7. The molecule has 1 aromatic carbocycles. The molecule has 10 heteroatoms. The van der Waals surface area contributed by atoms with Crippen molar-refractivity contribution in [2.45, 2.75) is 18.0 Å². The summed E-state index contributed by atoms with van der Waals surface area (Å²) in [6.07, 6.45) is -4.36. The molecule has 5 nitrogen and oxygen atoms in total. The molecule has 0 bridgehead atoms. The van der Waals surface area contributed by atoms with Gasteiger partial charge in [0.1, 0.15) is 5.82 Å². The molecule has 118 valence electrons. The fourth-order valence-electron chi connectivity index (χ4n) is 1.41. The Hall–Kier alpha value is -1.52. The van der Waals surface area contributed by atoms with Gasteiger partial charge in [0, 0.05) is 11.9 Å². The Morgan fingerprint density at radius 1 is 1.33 bits per heavy atom. The lowest BCUT2D eigenvalue weighted by molar-refractivity contribution is -0.105. The van der Waals surface area contributed by atoms with Crippen molar-refractivity contribution in [3.63, 3.8) is 0 Å². The predicted molar refractivity (Wildman–Crippen MR) is 71.9 cm³/mol. The fourth-order valence-corrected chi connectivity index (χ4v) is 2.22. The van der Waals surface area contributed by atoms with E-state index in [0.29, 0.717) is 27.3 Å². The van der Waals surface area contributed by atoms with E-state index in [1.54, 1.807) is 0 Å². The largest absolute Gasteiger partial charge is 0.398 e. The molecule has 1 aromatic rings. The van der Waals surface area contributed by atoms with E-state index in [4.69, 9.17) is 11.7 Å². The number of urea groups is 1. The summed E-state index contributed by atoms with van der Waals surface area (Å²) in [6, 6.07) is 1.18. The zero-order valence-electron chi connectivity index (χ0n) is 11.2. The second-order valence-electron chi connectivity index (χ2n) is 4.24. The van der Waals surface area contributed by atoms with Gasteiger partial charge in [0.2, 0.25) is 0 Å².